The number of nitrogens with two attached hydrogens (primary N) is 1. The molecule has 1 fully saturated rings. The van der Waals surface area contributed by atoms with Gasteiger partial charge in [0.2, 0.25) is 0 Å². The first kappa shape index (κ1) is 15.5. The molecule has 2 rings (SSSR count). The highest BCUT2D eigenvalue weighted by Crippen LogP contribution is 2.22. The molecule has 1 aliphatic rings. The molecule has 114 valence electrons. The lowest BCUT2D eigenvalue weighted by molar-refractivity contribution is 0.237. The van der Waals surface area contributed by atoms with E-state index in [9.17, 15) is 8.42 Å². The maximum atomic E-state index is 12.6. The predicted molar refractivity (Wildman–Crippen MR) is 77.2 cm³/mol. The first-order valence-electron chi connectivity index (χ1n) is 6.93. The molecular weight excluding hydrogens is 278 g/mol. The predicted octanol–water partition coefficient (Wildman–Crippen LogP) is 1.08. The third-order valence-corrected chi connectivity index (χ3v) is 5.70. The smallest absolute Gasteiger partial charge is 0.282 e. The Morgan fingerprint density at radius 2 is 2.20 bits per heavy atom. The van der Waals surface area contributed by atoms with E-state index < -0.39 is 10.2 Å². The van der Waals surface area contributed by atoms with Gasteiger partial charge in [0.25, 0.3) is 10.2 Å². The molecule has 1 unspecified atom stereocenters. The van der Waals surface area contributed by atoms with Crippen LogP contribution >= 0.6 is 0 Å². The van der Waals surface area contributed by atoms with Crippen molar-refractivity contribution in [2.24, 2.45) is 5.73 Å². The van der Waals surface area contributed by atoms with E-state index in [1.165, 1.54) is 8.61 Å². The van der Waals surface area contributed by atoms with Crippen LogP contribution in [0, 0.1) is 6.92 Å². The first-order chi connectivity index (χ1) is 9.45. The molecule has 0 aliphatic carbocycles. The fourth-order valence-electron chi connectivity index (χ4n) is 2.56. The summed E-state index contributed by atoms with van der Waals surface area (Å²) in [4.78, 5) is 0. The Morgan fingerprint density at radius 1 is 1.45 bits per heavy atom. The fraction of sp³-hybridized carbons (Fsp3) is 0.692. The molecule has 2 heterocycles. The standard InChI is InChI=1S/C13H23N3O3S/c1-11-6-7-13(19-11)10-15(2)20(17,18)16-8-4-3-5-12(16)9-14/h6-7,12H,3-5,8-10,14H2,1-2H3. The molecule has 6 nitrogen and oxygen atoms in total. The van der Waals surface area contributed by atoms with E-state index in [0.29, 0.717) is 18.8 Å². The monoisotopic (exact) mass is 301 g/mol. The number of piperidine rings is 1. The number of rotatable bonds is 5. The van der Waals surface area contributed by atoms with Crippen molar-refractivity contribution in [3.05, 3.63) is 23.7 Å². The molecule has 0 radical (unpaired) electrons. The van der Waals surface area contributed by atoms with Gasteiger partial charge in [-0.05, 0) is 31.9 Å². The molecule has 0 amide bonds. The molecule has 1 saturated heterocycles. The van der Waals surface area contributed by atoms with Gasteiger partial charge in [-0.1, -0.05) is 6.42 Å². The van der Waals surface area contributed by atoms with Crippen molar-refractivity contribution in [2.75, 3.05) is 20.1 Å². The van der Waals surface area contributed by atoms with Crippen molar-refractivity contribution >= 4 is 10.2 Å². The Hall–Kier alpha value is -0.890. The van der Waals surface area contributed by atoms with E-state index in [0.717, 1.165) is 25.0 Å². The molecule has 0 aromatic carbocycles. The van der Waals surface area contributed by atoms with E-state index in [4.69, 9.17) is 10.2 Å². The van der Waals surface area contributed by atoms with Crippen molar-refractivity contribution in [1.82, 2.24) is 8.61 Å². The number of hydrogen-bond donors (Lipinski definition) is 1. The molecule has 20 heavy (non-hydrogen) atoms. The SMILES string of the molecule is Cc1ccc(CN(C)S(=O)(=O)N2CCCCC2CN)o1. The largest absolute Gasteiger partial charge is 0.465 e. The summed E-state index contributed by atoms with van der Waals surface area (Å²) < 4.78 is 33.5. The summed E-state index contributed by atoms with van der Waals surface area (Å²) in [5.41, 5.74) is 5.70. The van der Waals surface area contributed by atoms with E-state index in [1.54, 1.807) is 13.1 Å². The summed E-state index contributed by atoms with van der Waals surface area (Å²) in [5.74, 6) is 1.43. The zero-order valence-corrected chi connectivity index (χ0v) is 12.9. The highest BCUT2D eigenvalue weighted by molar-refractivity contribution is 7.86. The summed E-state index contributed by atoms with van der Waals surface area (Å²) in [7, 11) is -1.91. The molecule has 0 spiro atoms. The van der Waals surface area contributed by atoms with Crippen molar-refractivity contribution in [3.63, 3.8) is 0 Å². The summed E-state index contributed by atoms with van der Waals surface area (Å²) in [6, 6.07) is 3.55. The maximum absolute atomic E-state index is 12.6. The first-order valence-corrected chi connectivity index (χ1v) is 8.33. The van der Waals surface area contributed by atoms with Crippen molar-refractivity contribution < 1.29 is 12.8 Å². The van der Waals surface area contributed by atoms with Crippen LogP contribution in [0.1, 0.15) is 30.8 Å². The quantitative estimate of drug-likeness (QED) is 0.882. The van der Waals surface area contributed by atoms with Gasteiger partial charge in [0.1, 0.15) is 11.5 Å². The van der Waals surface area contributed by atoms with Crippen LogP contribution in [0.15, 0.2) is 16.5 Å². The van der Waals surface area contributed by atoms with E-state index in [1.807, 2.05) is 13.0 Å². The Morgan fingerprint density at radius 3 is 2.80 bits per heavy atom. The lowest BCUT2D eigenvalue weighted by atomic mass is 10.1. The molecular formula is C13H23N3O3S. The maximum Gasteiger partial charge on any atom is 0.282 e. The van der Waals surface area contributed by atoms with Crippen LogP contribution in [-0.2, 0) is 16.8 Å². The number of furan rings is 1. The summed E-state index contributed by atoms with van der Waals surface area (Å²) in [6.45, 7) is 3.00. The third kappa shape index (κ3) is 3.22. The summed E-state index contributed by atoms with van der Waals surface area (Å²) in [5, 5.41) is 0. The highest BCUT2D eigenvalue weighted by Gasteiger charge is 2.34. The van der Waals surface area contributed by atoms with Crippen molar-refractivity contribution in [3.8, 4) is 0 Å². The second kappa shape index (κ2) is 6.26. The van der Waals surface area contributed by atoms with Crippen LogP contribution in [0.4, 0.5) is 0 Å². The minimum atomic E-state index is -3.49. The molecule has 0 saturated carbocycles. The van der Waals surface area contributed by atoms with Crippen LogP contribution in [-0.4, -0.2) is 43.2 Å². The molecule has 1 aliphatic heterocycles. The van der Waals surface area contributed by atoms with Crippen molar-refractivity contribution in [1.29, 1.82) is 0 Å². The van der Waals surface area contributed by atoms with E-state index in [-0.39, 0.29) is 12.6 Å². The van der Waals surface area contributed by atoms with Gasteiger partial charge in [0.05, 0.1) is 6.54 Å². The minimum Gasteiger partial charge on any atom is -0.465 e. The van der Waals surface area contributed by atoms with Gasteiger partial charge in [0, 0.05) is 26.2 Å². The van der Waals surface area contributed by atoms with E-state index >= 15 is 0 Å². The molecule has 7 heteroatoms. The zero-order chi connectivity index (χ0) is 14.8. The van der Waals surface area contributed by atoms with Gasteiger partial charge >= 0.3 is 0 Å². The summed E-state index contributed by atoms with van der Waals surface area (Å²) >= 11 is 0. The van der Waals surface area contributed by atoms with Crippen LogP contribution in [0.25, 0.3) is 0 Å². The lowest BCUT2D eigenvalue weighted by Gasteiger charge is -2.36. The molecule has 2 N–H and O–H groups in total. The number of aryl methyl sites for hydroxylation is 1. The van der Waals surface area contributed by atoms with Crippen LogP contribution < -0.4 is 5.73 Å². The van der Waals surface area contributed by atoms with Gasteiger partial charge < -0.3 is 10.2 Å². The Labute approximate surface area is 120 Å². The topological polar surface area (TPSA) is 79.8 Å². The normalized spacial score (nSPS) is 21.5. The average molecular weight is 301 g/mol. The van der Waals surface area contributed by atoms with Crippen LogP contribution in [0.3, 0.4) is 0 Å². The molecule has 1 atom stereocenters. The van der Waals surface area contributed by atoms with Gasteiger partial charge in [-0.15, -0.1) is 0 Å². The highest BCUT2D eigenvalue weighted by atomic mass is 32.2. The van der Waals surface area contributed by atoms with Gasteiger partial charge in [0.15, 0.2) is 0 Å². The second-order valence-electron chi connectivity index (χ2n) is 5.27. The summed E-state index contributed by atoms with van der Waals surface area (Å²) in [6.07, 6.45) is 2.77. The van der Waals surface area contributed by atoms with E-state index in [2.05, 4.69) is 0 Å². The van der Waals surface area contributed by atoms with Crippen LogP contribution in [0.2, 0.25) is 0 Å². The zero-order valence-electron chi connectivity index (χ0n) is 12.1. The lowest BCUT2D eigenvalue weighted by Crippen LogP contribution is -2.51. The number of hydrogen-bond acceptors (Lipinski definition) is 4. The fourth-order valence-corrected chi connectivity index (χ4v) is 4.14. The Bertz CT molecular complexity index is 541. The molecule has 1 aromatic rings. The van der Waals surface area contributed by atoms with Gasteiger partial charge in [-0.3, -0.25) is 0 Å². The van der Waals surface area contributed by atoms with Crippen LogP contribution in [0.5, 0.6) is 0 Å². The molecule has 0 bridgehead atoms. The number of nitrogens with zero attached hydrogens (tertiary/aromatic N) is 2. The average Bonchev–Trinajstić information content (AvgIpc) is 2.84. The van der Waals surface area contributed by atoms with Gasteiger partial charge in [-0.2, -0.15) is 17.0 Å². The molecule has 1 aromatic heterocycles. The second-order valence-corrected chi connectivity index (χ2v) is 7.26. The van der Waals surface area contributed by atoms with Gasteiger partial charge in [-0.25, -0.2) is 0 Å². The van der Waals surface area contributed by atoms with Crippen molar-refractivity contribution in [2.45, 2.75) is 38.8 Å². The Balaban J connectivity index is 2.11. The minimum absolute atomic E-state index is 0.0884. The Kier molecular flexibility index (Phi) is 4.85. The third-order valence-electron chi connectivity index (χ3n) is 3.71.